The summed E-state index contributed by atoms with van der Waals surface area (Å²) in [5.74, 6) is 1.56. The number of aryl methyl sites for hydroxylation is 1. The maximum Gasteiger partial charge on any atom is 0.331 e. The van der Waals surface area contributed by atoms with Gasteiger partial charge in [-0.2, -0.15) is 5.26 Å². The number of thiophene rings is 1. The zero-order chi connectivity index (χ0) is 31.8. The van der Waals surface area contributed by atoms with E-state index in [-0.39, 0.29) is 24.0 Å². The predicted octanol–water partition coefficient (Wildman–Crippen LogP) is 6.89. The molecule has 3 heterocycles. The third kappa shape index (κ3) is 6.07. The lowest BCUT2D eigenvalue weighted by molar-refractivity contribution is 0.0920. The summed E-state index contributed by atoms with van der Waals surface area (Å²) in [6.07, 6.45) is 7.69. The number of rotatable bonds is 9. The Morgan fingerprint density at radius 2 is 1.85 bits per heavy atom. The zero-order valence-electron chi connectivity index (χ0n) is 25.3. The molecule has 2 saturated carbocycles. The highest BCUT2D eigenvalue weighted by molar-refractivity contribution is 7.21. The van der Waals surface area contributed by atoms with Crippen molar-refractivity contribution in [3.05, 3.63) is 82.9 Å². The molecule has 1 aliphatic heterocycles. The molecule has 0 radical (unpaired) electrons. The van der Waals surface area contributed by atoms with Gasteiger partial charge in [-0.1, -0.05) is 24.3 Å². The third-order valence-corrected chi connectivity index (χ3v) is 9.85. The smallest absolute Gasteiger partial charge is 0.331 e. The van der Waals surface area contributed by atoms with Crippen LogP contribution in [0.4, 0.5) is 21.9 Å². The van der Waals surface area contributed by atoms with Crippen molar-refractivity contribution in [2.75, 3.05) is 10.2 Å². The van der Waals surface area contributed by atoms with Crippen LogP contribution in [-0.2, 0) is 0 Å². The van der Waals surface area contributed by atoms with E-state index >= 15 is 0 Å². The maximum atomic E-state index is 13.6. The van der Waals surface area contributed by atoms with Crippen molar-refractivity contribution in [2.24, 2.45) is 5.92 Å². The van der Waals surface area contributed by atoms with Gasteiger partial charge in [-0.05, 0) is 93.3 Å². The molecule has 0 spiro atoms. The minimum Gasteiger partial charge on any atom is -0.457 e. The topological polar surface area (TPSA) is 140 Å². The van der Waals surface area contributed by atoms with Crippen molar-refractivity contribution < 1.29 is 19.4 Å². The van der Waals surface area contributed by atoms with Gasteiger partial charge in [0.15, 0.2) is 0 Å². The highest BCUT2D eigenvalue weighted by Crippen LogP contribution is 2.46. The zero-order valence-corrected chi connectivity index (χ0v) is 26.1. The molecule has 0 saturated heterocycles. The van der Waals surface area contributed by atoms with Crippen molar-refractivity contribution in [3.8, 4) is 17.6 Å². The number of nitriles is 1. The summed E-state index contributed by atoms with van der Waals surface area (Å²) in [6, 6.07) is 18.7. The number of hydrogen-bond donors (Lipinski definition) is 4. The van der Waals surface area contributed by atoms with Gasteiger partial charge in [0.25, 0.3) is 5.91 Å². The molecule has 3 aliphatic rings. The van der Waals surface area contributed by atoms with Crippen LogP contribution in [0.25, 0.3) is 10.2 Å². The number of nitrogens with zero attached hydrogens (tertiary/aromatic N) is 3. The van der Waals surface area contributed by atoms with Crippen LogP contribution in [0.2, 0.25) is 0 Å². The number of amides is 3. The van der Waals surface area contributed by atoms with Crippen molar-refractivity contribution in [3.63, 3.8) is 0 Å². The van der Waals surface area contributed by atoms with Crippen LogP contribution >= 0.6 is 11.3 Å². The molecule has 2 aliphatic carbocycles. The van der Waals surface area contributed by atoms with E-state index in [4.69, 9.17) is 4.74 Å². The van der Waals surface area contributed by atoms with E-state index in [1.807, 2.05) is 61.5 Å². The van der Waals surface area contributed by atoms with E-state index in [0.29, 0.717) is 44.0 Å². The van der Waals surface area contributed by atoms with Gasteiger partial charge >= 0.3 is 6.03 Å². The number of allylic oxidation sites excluding steroid dienone is 1. The number of carbonyl (C=O) groups excluding carboxylic acids is 2. The van der Waals surface area contributed by atoms with Gasteiger partial charge in [0.1, 0.15) is 27.4 Å². The molecule has 1 unspecified atom stereocenters. The fourth-order valence-electron chi connectivity index (χ4n) is 6.23. The molecule has 10 nitrogen and oxygen atoms in total. The molecule has 2 aromatic heterocycles. The fraction of sp³-hybridized carbons (Fsp3) is 0.314. The quantitative estimate of drug-likeness (QED) is 0.116. The van der Waals surface area contributed by atoms with Gasteiger partial charge in [-0.25, -0.2) is 9.78 Å². The van der Waals surface area contributed by atoms with Crippen molar-refractivity contribution in [1.29, 1.82) is 5.26 Å². The van der Waals surface area contributed by atoms with Gasteiger partial charge in [-0.3, -0.25) is 15.0 Å². The Balaban J connectivity index is 1.05. The summed E-state index contributed by atoms with van der Waals surface area (Å²) in [5.41, 5.74) is 3.08. The van der Waals surface area contributed by atoms with Crippen LogP contribution in [0.5, 0.6) is 11.5 Å². The lowest BCUT2D eigenvalue weighted by Gasteiger charge is -2.31. The Kier molecular flexibility index (Phi) is 8.17. The molecular formula is C35H34N6O4S. The normalized spacial score (nSPS) is 20.2. The number of hydrogen-bond acceptors (Lipinski definition) is 8. The summed E-state index contributed by atoms with van der Waals surface area (Å²) >= 11 is 1.26. The number of aliphatic hydroxyl groups excluding tert-OH is 1. The van der Waals surface area contributed by atoms with Crippen molar-refractivity contribution in [2.45, 2.75) is 63.8 Å². The van der Waals surface area contributed by atoms with E-state index in [0.717, 1.165) is 55.2 Å². The van der Waals surface area contributed by atoms with E-state index in [1.165, 1.54) is 11.3 Å². The first-order valence-corrected chi connectivity index (χ1v) is 16.4. The number of ether oxygens (including phenoxy) is 1. The second kappa shape index (κ2) is 12.6. The Hall–Kier alpha value is -4.76. The van der Waals surface area contributed by atoms with E-state index in [9.17, 15) is 20.0 Å². The Labute approximate surface area is 270 Å². The van der Waals surface area contributed by atoms with Gasteiger partial charge in [0.2, 0.25) is 0 Å². The molecule has 3 amide bonds. The average Bonchev–Trinajstić information content (AvgIpc) is 3.81. The summed E-state index contributed by atoms with van der Waals surface area (Å²) in [7, 11) is 0. The van der Waals surface area contributed by atoms with Gasteiger partial charge < -0.3 is 20.5 Å². The Morgan fingerprint density at radius 3 is 2.57 bits per heavy atom. The number of carbonyl (C=O) groups is 2. The number of para-hydroxylation sites is 1. The number of benzene rings is 2. The second-order valence-electron chi connectivity index (χ2n) is 12.1. The third-order valence-electron chi connectivity index (χ3n) is 8.76. The molecule has 11 heteroatoms. The Morgan fingerprint density at radius 1 is 1.09 bits per heavy atom. The van der Waals surface area contributed by atoms with Gasteiger partial charge in [0.05, 0.1) is 34.1 Å². The van der Waals surface area contributed by atoms with E-state index < -0.39 is 6.23 Å². The second-order valence-corrected chi connectivity index (χ2v) is 13.1. The summed E-state index contributed by atoms with van der Waals surface area (Å²) in [5, 5.41) is 30.0. The molecule has 1 atom stereocenters. The summed E-state index contributed by atoms with van der Waals surface area (Å²) in [4.78, 5) is 34.5. The standard InChI is InChI=1S/C35H34N6O4S/c1-20-17-26(45-25-5-3-2-4-6-25)13-14-27(20)41-28-15-16-37-34-29(28)30(40-35(41)44)31(46-34)33(43)39-24-11-9-23(10-12-24)38-32(42)22(19-36)18-21-7-8-21/h2-6,13-18,21,23-24,32,38,42H,7-12H2,1H3,(H,39,43)(H,40,44)/b22-18+. The van der Waals surface area contributed by atoms with Crippen LogP contribution in [0, 0.1) is 24.2 Å². The molecule has 2 aromatic carbocycles. The maximum absolute atomic E-state index is 13.6. The number of urea groups is 1. The van der Waals surface area contributed by atoms with Crippen LogP contribution in [-0.4, -0.2) is 40.3 Å². The summed E-state index contributed by atoms with van der Waals surface area (Å²) < 4.78 is 5.99. The number of aromatic nitrogens is 1. The van der Waals surface area contributed by atoms with E-state index in [2.05, 4.69) is 27.0 Å². The number of anilines is 3. The SMILES string of the molecule is Cc1cc(Oc2ccccc2)ccc1N1C(=O)Nc2c(C(=O)NC3CCC(NC(O)/C(C#N)=C/C4CC4)CC3)sc3nccc1c23. The first-order chi connectivity index (χ1) is 22.4. The molecule has 4 aromatic rings. The van der Waals surface area contributed by atoms with Crippen LogP contribution in [0.3, 0.4) is 0 Å². The van der Waals surface area contributed by atoms with Crippen LogP contribution in [0.15, 0.2) is 72.4 Å². The summed E-state index contributed by atoms with van der Waals surface area (Å²) in [6.45, 7) is 1.93. The minimum absolute atomic E-state index is 0.0416. The van der Waals surface area contributed by atoms with Crippen molar-refractivity contribution in [1.82, 2.24) is 15.6 Å². The molecule has 46 heavy (non-hydrogen) atoms. The highest BCUT2D eigenvalue weighted by Gasteiger charge is 2.34. The van der Waals surface area contributed by atoms with Gasteiger partial charge in [-0.15, -0.1) is 11.3 Å². The average molecular weight is 635 g/mol. The van der Waals surface area contributed by atoms with Gasteiger partial charge in [0, 0.05) is 18.3 Å². The highest BCUT2D eigenvalue weighted by atomic mass is 32.1. The molecule has 4 N–H and O–H groups in total. The lowest BCUT2D eigenvalue weighted by Crippen LogP contribution is -2.45. The largest absolute Gasteiger partial charge is 0.457 e. The number of aliphatic hydroxyl groups is 1. The van der Waals surface area contributed by atoms with Crippen molar-refractivity contribution >= 4 is 50.6 Å². The predicted molar refractivity (Wildman–Crippen MR) is 178 cm³/mol. The molecule has 2 fully saturated rings. The molecular weight excluding hydrogens is 600 g/mol. The minimum atomic E-state index is -0.970. The molecule has 0 bridgehead atoms. The van der Waals surface area contributed by atoms with Crippen LogP contribution < -0.4 is 25.6 Å². The monoisotopic (exact) mass is 634 g/mol. The lowest BCUT2D eigenvalue weighted by atomic mass is 9.90. The first kappa shape index (κ1) is 29.9. The Bertz CT molecular complexity index is 1870. The first-order valence-electron chi connectivity index (χ1n) is 15.6. The fourth-order valence-corrected chi connectivity index (χ4v) is 7.25. The number of pyridine rings is 1. The molecule has 7 rings (SSSR count). The molecule has 234 valence electrons. The van der Waals surface area contributed by atoms with Crippen LogP contribution in [0.1, 0.15) is 53.8 Å². The van der Waals surface area contributed by atoms with E-state index in [1.54, 1.807) is 17.2 Å². The number of nitrogens with one attached hydrogen (secondary N) is 3.